The van der Waals surface area contributed by atoms with Crippen molar-refractivity contribution in [2.75, 3.05) is 0 Å². The lowest BCUT2D eigenvalue weighted by atomic mass is 10.1. The van der Waals surface area contributed by atoms with E-state index < -0.39 is 0 Å². The Morgan fingerprint density at radius 1 is 0.852 bits per heavy atom. The van der Waals surface area contributed by atoms with Gasteiger partial charge in [0, 0.05) is 16.0 Å². The van der Waals surface area contributed by atoms with Crippen LogP contribution in [0.15, 0.2) is 95.3 Å². The summed E-state index contributed by atoms with van der Waals surface area (Å²) in [5, 5.41) is 2.61. The number of rotatable bonds is 3. The van der Waals surface area contributed by atoms with Crippen molar-refractivity contribution in [3.63, 3.8) is 0 Å². The molecule has 27 heavy (non-hydrogen) atoms. The SMILES string of the molecule is O=C(c1ccccc1)n1c(-c2ccc(Cl)cc2)csc1=Nc1ccccc1. The van der Waals surface area contributed by atoms with Gasteiger partial charge < -0.3 is 0 Å². The van der Waals surface area contributed by atoms with Gasteiger partial charge in [0.25, 0.3) is 5.91 Å². The summed E-state index contributed by atoms with van der Waals surface area (Å²) in [6, 6.07) is 26.3. The molecule has 1 aromatic heterocycles. The van der Waals surface area contributed by atoms with E-state index in [9.17, 15) is 4.79 Å². The van der Waals surface area contributed by atoms with E-state index in [1.54, 1.807) is 4.57 Å². The molecular weight excluding hydrogens is 376 g/mol. The zero-order chi connectivity index (χ0) is 18.6. The molecule has 0 aliphatic rings. The number of halogens is 1. The third-order valence-electron chi connectivity index (χ3n) is 4.05. The molecule has 0 unspecified atom stereocenters. The fourth-order valence-corrected chi connectivity index (χ4v) is 3.76. The molecule has 3 nitrogen and oxygen atoms in total. The third-order valence-corrected chi connectivity index (χ3v) is 5.13. The lowest BCUT2D eigenvalue weighted by Gasteiger charge is -2.08. The number of aromatic nitrogens is 1. The molecule has 0 aliphatic heterocycles. The van der Waals surface area contributed by atoms with Crippen molar-refractivity contribution in [1.82, 2.24) is 4.57 Å². The molecule has 0 fully saturated rings. The van der Waals surface area contributed by atoms with Gasteiger partial charge in [0.15, 0.2) is 4.80 Å². The fourth-order valence-electron chi connectivity index (χ4n) is 2.73. The summed E-state index contributed by atoms with van der Waals surface area (Å²) in [6.45, 7) is 0. The standard InChI is InChI=1S/C22H15ClN2OS/c23-18-13-11-16(12-14-18)20-15-27-22(24-19-9-5-2-6-10-19)25(20)21(26)17-7-3-1-4-8-17/h1-15H. The summed E-state index contributed by atoms with van der Waals surface area (Å²) in [4.78, 5) is 18.6. The van der Waals surface area contributed by atoms with Crippen LogP contribution in [0.3, 0.4) is 0 Å². The van der Waals surface area contributed by atoms with Crippen LogP contribution in [-0.4, -0.2) is 10.5 Å². The van der Waals surface area contributed by atoms with Crippen molar-refractivity contribution in [1.29, 1.82) is 0 Å². The highest BCUT2D eigenvalue weighted by Gasteiger charge is 2.16. The topological polar surface area (TPSA) is 34.4 Å². The van der Waals surface area contributed by atoms with Crippen LogP contribution in [-0.2, 0) is 0 Å². The van der Waals surface area contributed by atoms with E-state index in [2.05, 4.69) is 4.99 Å². The Balaban J connectivity index is 1.92. The largest absolute Gasteiger partial charge is 0.268 e. The first-order valence-electron chi connectivity index (χ1n) is 8.38. The average molecular weight is 391 g/mol. The van der Waals surface area contributed by atoms with E-state index in [4.69, 9.17) is 11.6 Å². The number of carbonyl (C=O) groups excluding carboxylic acids is 1. The van der Waals surface area contributed by atoms with E-state index in [0.29, 0.717) is 15.4 Å². The van der Waals surface area contributed by atoms with Crippen molar-refractivity contribution < 1.29 is 4.79 Å². The van der Waals surface area contributed by atoms with Crippen LogP contribution in [0.2, 0.25) is 5.02 Å². The minimum atomic E-state index is -0.114. The van der Waals surface area contributed by atoms with Crippen molar-refractivity contribution in [2.45, 2.75) is 0 Å². The molecule has 0 saturated carbocycles. The predicted octanol–water partition coefficient (Wildman–Crippen LogP) is 5.79. The Bertz CT molecular complexity index is 1130. The molecule has 3 aromatic carbocycles. The second-order valence-corrected chi connectivity index (χ2v) is 7.14. The van der Waals surface area contributed by atoms with Crippen LogP contribution in [0.1, 0.15) is 10.4 Å². The van der Waals surface area contributed by atoms with Gasteiger partial charge in [0.1, 0.15) is 0 Å². The maximum atomic E-state index is 13.3. The van der Waals surface area contributed by atoms with E-state index in [1.807, 2.05) is 90.3 Å². The Hall–Kier alpha value is -2.95. The second kappa shape index (κ2) is 7.74. The maximum absolute atomic E-state index is 13.3. The lowest BCUT2D eigenvalue weighted by Crippen LogP contribution is -2.24. The van der Waals surface area contributed by atoms with E-state index in [-0.39, 0.29) is 5.91 Å². The molecule has 0 radical (unpaired) electrons. The smallest absolute Gasteiger partial charge is 0.264 e. The predicted molar refractivity (Wildman–Crippen MR) is 111 cm³/mol. The number of nitrogens with zero attached hydrogens (tertiary/aromatic N) is 2. The van der Waals surface area contributed by atoms with Gasteiger partial charge in [0.05, 0.1) is 11.4 Å². The second-order valence-electron chi connectivity index (χ2n) is 5.86. The Kier molecular flexibility index (Phi) is 5.01. The van der Waals surface area contributed by atoms with Crippen LogP contribution in [0.4, 0.5) is 5.69 Å². The molecule has 0 N–H and O–H groups in total. The van der Waals surface area contributed by atoms with Gasteiger partial charge in [-0.15, -0.1) is 11.3 Å². The van der Waals surface area contributed by atoms with Gasteiger partial charge >= 0.3 is 0 Å². The molecule has 0 bridgehead atoms. The highest BCUT2D eigenvalue weighted by Crippen LogP contribution is 2.23. The zero-order valence-corrected chi connectivity index (χ0v) is 15.8. The Labute approximate surface area is 165 Å². The third kappa shape index (κ3) is 3.77. The molecule has 4 rings (SSSR count). The molecule has 4 aromatic rings. The first-order valence-corrected chi connectivity index (χ1v) is 9.64. The van der Waals surface area contributed by atoms with Crippen molar-refractivity contribution in [3.8, 4) is 11.3 Å². The summed E-state index contributed by atoms with van der Waals surface area (Å²) in [6.07, 6.45) is 0. The summed E-state index contributed by atoms with van der Waals surface area (Å²) >= 11 is 7.46. The first-order chi connectivity index (χ1) is 13.2. The Morgan fingerprint density at radius 3 is 2.15 bits per heavy atom. The van der Waals surface area contributed by atoms with Gasteiger partial charge in [-0.05, 0) is 42.0 Å². The highest BCUT2D eigenvalue weighted by atomic mass is 35.5. The molecule has 5 heteroatoms. The molecular formula is C22H15ClN2OS. The van der Waals surface area contributed by atoms with Crippen molar-refractivity contribution >= 4 is 34.5 Å². The molecule has 0 spiro atoms. The normalized spacial score (nSPS) is 11.5. The van der Waals surface area contributed by atoms with Gasteiger partial charge in [-0.1, -0.05) is 60.1 Å². The molecule has 0 aliphatic carbocycles. The van der Waals surface area contributed by atoms with Crippen molar-refractivity contribution in [2.24, 2.45) is 4.99 Å². The van der Waals surface area contributed by atoms with E-state index in [0.717, 1.165) is 16.9 Å². The van der Waals surface area contributed by atoms with Crippen LogP contribution < -0.4 is 4.80 Å². The summed E-state index contributed by atoms with van der Waals surface area (Å²) < 4.78 is 1.66. The average Bonchev–Trinajstić information content (AvgIpc) is 3.13. The number of thiazole rings is 1. The minimum Gasteiger partial charge on any atom is -0.268 e. The lowest BCUT2D eigenvalue weighted by molar-refractivity contribution is 0.0959. The summed E-state index contributed by atoms with van der Waals surface area (Å²) in [7, 11) is 0. The van der Waals surface area contributed by atoms with Gasteiger partial charge in [-0.3, -0.25) is 9.36 Å². The van der Waals surface area contributed by atoms with Crippen LogP contribution in [0.25, 0.3) is 11.3 Å². The molecule has 0 saturated heterocycles. The van der Waals surface area contributed by atoms with E-state index in [1.165, 1.54) is 11.3 Å². The van der Waals surface area contributed by atoms with Crippen LogP contribution in [0.5, 0.6) is 0 Å². The van der Waals surface area contributed by atoms with Crippen LogP contribution in [0, 0.1) is 0 Å². The number of benzene rings is 3. The molecule has 0 atom stereocenters. The van der Waals surface area contributed by atoms with Gasteiger partial charge in [-0.2, -0.15) is 0 Å². The number of hydrogen-bond donors (Lipinski definition) is 0. The fraction of sp³-hybridized carbons (Fsp3) is 0. The van der Waals surface area contributed by atoms with Crippen LogP contribution >= 0.6 is 22.9 Å². The monoisotopic (exact) mass is 390 g/mol. The molecule has 0 amide bonds. The molecule has 132 valence electrons. The molecule has 1 heterocycles. The first kappa shape index (κ1) is 17.5. The maximum Gasteiger partial charge on any atom is 0.264 e. The Morgan fingerprint density at radius 2 is 1.48 bits per heavy atom. The number of hydrogen-bond acceptors (Lipinski definition) is 3. The van der Waals surface area contributed by atoms with Gasteiger partial charge in [-0.25, -0.2) is 4.99 Å². The quantitative estimate of drug-likeness (QED) is 0.436. The highest BCUT2D eigenvalue weighted by molar-refractivity contribution is 7.07. The summed E-state index contributed by atoms with van der Waals surface area (Å²) in [5.41, 5.74) is 3.12. The zero-order valence-electron chi connectivity index (χ0n) is 14.2. The summed E-state index contributed by atoms with van der Waals surface area (Å²) in [5.74, 6) is -0.114. The van der Waals surface area contributed by atoms with Gasteiger partial charge in [0.2, 0.25) is 0 Å². The van der Waals surface area contributed by atoms with E-state index >= 15 is 0 Å². The number of carbonyl (C=O) groups is 1. The van der Waals surface area contributed by atoms with Crippen molar-refractivity contribution in [3.05, 3.63) is 106 Å². The minimum absolute atomic E-state index is 0.114. The number of para-hydroxylation sites is 1.